The summed E-state index contributed by atoms with van der Waals surface area (Å²) in [6.07, 6.45) is 0.895. The Morgan fingerprint density at radius 3 is 2.39 bits per heavy atom. The predicted octanol–water partition coefficient (Wildman–Crippen LogP) is 3.62. The van der Waals surface area contributed by atoms with Crippen LogP contribution in [0.25, 0.3) is 0 Å². The van der Waals surface area contributed by atoms with Gasteiger partial charge in [0.05, 0.1) is 23.6 Å². The zero-order valence-corrected chi connectivity index (χ0v) is 18.2. The Kier molecular flexibility index (Phi) is 6.96. The number of halogens is 4. The number of nitrogens with zero attached hydrogens (tertiary/aromatic N) is 1. The Morgan fingerprint density at radius 2 is 1.79 bits per heavy atom. The number of alkyl halides is 3. The molecule has 0 aromatic heterocycles. The van der Waals surface area contributed by atoms with Gasteiger partial charge in [0.15, 0.2) is 0 Å². The van der Waals surface area contributed by atoms with Crippen molar-refractivity contribution in [3.05, 3.63) is 53.8 Å². The maximum absolute atomic E-state index is 13.1. The van der Waals surface area contributed by atoms with Gasteiger partial charge < -0.3 is 15.0 Å². The molecule has 0 bridgehead atoms. The number of hydrogen-bond donors (Lipinski definition) is 1. The monoisotopic (exact) mass is 488 g/mol. The van der Waals surface area contributed by atoms with E-state index in [1.807, 2.05) is 0 Å². The van der Waals surface area contributed by atoms with Crippen molar-refractivity contribution >= 4 is 27.3 Å². The number of hydrogen-bond acceptors (Lipinski definition) is 5. The van der Waals surface area contributed by atoms with Crippen LogP contribution in [0.4, 0.5) is 23.2 Å². The Balaban J connectivity index is 1.78. The quantitative estimate of drug-likeness (QED) is 0.649. The largest absolute Gasteiger partial charge is 0.501 e. The topological polar surface area (TPSA) is 92.8 Å². The van der Waals surface area contributed by atoms with Crippen molar-refractivity contribution in [1.29, 1.82) is 0 Å². The van der Waals surface area contributed by atoms with Crippen molar-refractivity contribution in [2.24, 2.45) is 5.92 Å². The van der Waals surface area contributed by atoms with E-state index in [1.165, 1.54) is 24.1 Å². The molecule has 12 heteroatoms. The first-order chi connectivity index (χ1) is 15.4. The van der Waals surface area contributed by atoms with Gasteiger partial charge in [-0.3, -0.25) is 9.59 Å². The molecule has 1 fully saturated rings. The fourth-order valence-corrected chi connectivity index (χ4v) is 4.26. The average Bonchev–Trinajstić information content (AvgIpc) is 2.78. The molecule has 1 N–H and O–H groups in total. The van der Waals surface area contributed by atoms with E-state index in [0.717, 1.165) is 24.3 Å². The first-order valence-electron chi connectivity index (χ1n) is 9.79. The summed E-state index contributed by atoms with van der Waals surface area (Å²) in [4.78, 5) is 25.9. The van der Waals surface area contributed by atoms with Gasteiger partial charge >= 0.3 is 5.51 Å². The van der Waals surface area contributed by atoms with Crippen LogP contribution in [0, 0.1) is 11.7 Å². The van der Waals surface area contributed by atoms with E-state index in [-0.39, 0.29) is 29.5 Å². The summed E-state index contributed by atoms with van der Waals surface area (Å²) in [5.74, 6) is -2.21. The van der Waals surface area contributed by atoms with Crippen LogP contribution >= 0.6 is 0 Å². The smallest absolute Gasteiger partial charge is 0.495 e. The number of sulfone groups is 1. The summed E-state index contributed by atoms with van der Waals surface area (Å²) in [6, 6.07) is 7.40. The van der Waals surface area contributed by atoms with Gasteiger partial charge in [0.1, 0.15) is 11.6 Å². The number of ether oxygens (including phenoxy) is 1. The van der Waals surface area contributed by atoms with Crippen LogP contribution in [0.15, 0.2) is 47.4 Å². The normalized spacial score (nSPS) is 16.9. The molecule has 33 heavy (non-hydrogen) atoms. The van der Waals surface area contributed by atoms with E-state index >= 15 is 0 Å². The van der Waals surface area contributed by atoms with Crippen molar-refractivity contribution < 1.29 is 40.3 Å². The first-order valence-corrected chi connectivity index (χ1v) is 11.3. The van der Waals surface area contributed by atoms with Crippen LogP contribution in [-0.2, 0) is 14.6 Å². The maximum Gasteiger partial charge on any atom is 0.501 e. The van der Waals surface area contributed by atoms with Crippen LogP contribution in [0.1, 0.15) is 23.2 Å². The van der Waals surface area contributed by atoms with E-state index in [0.29, 0.717) is 25.5 Å². The molecular formula is C21H20F4N2O5S. The van der Waals surface area contributed by atoms with Gasteiger partial charge in [-0.05, 0) is 55.3 Å². The van der Waals surface area contributed by atoms with Crippen molar-refractivity contribution in [2.75, 3.05) is 25.5 Å². The molecule has 1 aliphatic rings. The third-order valence-electron chi connectivity index (χ3n) is 5.21. The minimum atomic E-state index is -5.62. The van der Waals surface area contributed by atoms with Crippen molar-refractivity contribution in [3.8, 4) is 5.75 Å². The van der Waals surface area contributed by atoms with Gasteiger partial charge in [-0.25, -0.2) is 12.8 Å². The SMILES string of the molecule is COc1ccc(S(=O)(=O)C(F)(F)F)cc1NC(=O)C1CCCN(C(=O)c2ccc(F)cc2)C1. The molecule has 7 nitrogen and oxygen atoms in total. The second-order valence-corrected chi connectivity index (χ2v) is 9.34. The van der Waals surface area contributed by atoms with Crippen molar-refractivity contribution in [2.45, 2.75) is 23.2 Å². The van der Waals surface area contributed by atoms with Gasteiger partial charge in [0, 0.05) is 18.7 Å². The number of carbonyl (C=O) groups is 2. The van der Waals surface area contributed by atoms with Crippen LogP contribution in [0.3, 0.4) is 0 Å². The minimum absolute atomic E-state index is 0.0282. The number of likely N-dealkylation sites (tertiary alicyclic amines) is 1. The van der Waals surface area contributed by atoms with Crippen molar-refractivity contribution in [1.82, 2.24) is 4.90 Å². The van der Waals surface area contributed by atoms with Gasteiger partial charge in [-0.2, -0.15) is 13.2 Å². The molecule has 1 aliphatic heterocycles. The third-order valence-corrected chi connectivity index (χ3v) is 6.70. The molecule has 0 spiro atoms. The molecule has 2 amide bonds. The number of amides is 2. The predicted molar refractivity (Wildman–Crippen MR) is 110 cm³/mol. The van der Waals surface area contributed by atoms with Crippen LogP contribution < -0.4 is 10.1 Å². The lowest BCUT2D eigenvalue weighted by Crippen LogP contribution is -2.43. The van der Waals surface area contributed by atoms with Gasteiger partial charge in [0.2, 0.25) is 5.91 Å². The molecule has 0 aliphatic carbocycles. The Morgan fingerprint density at radius 1 is 1.12 bits per heavy atom. The second-order valence-electron chi connectivity index (χ2n) is 7.40. The van der Waals surface area contributed by atoms with E-state index < -0.39 is 37.9 Å². The summed E-state index contributed by atoms with van der Waals surface area (Å²) in [5, 5.41) is 2.42. The lowest BCUT2D eigenvalue weighted by atomic mass is 9.96. The zero-order chi connectivity index (χ0) is 24.4. The molecular weight excluding hydrogens is 468 g/mol. The third kappa shape index (κ3) is 5.27. The van der Waals surface area contributed by atoms with Gasteiger partial charge in [-0.15, -0.1) is 0 Å². The van der Waals surface area contributed by atoms with E-state index in [2.05, 4.69) is 5.32 Å². The molecule has 2 aromatic carbocycles. The zero-order valence-electron chi connectivity index (χ0n) is 17.4. The van der Waals surface area contributed by atoms with E-state index in [1.54, 1.807) is 0 Å². The highest BCUT2D eigenvalue weighted by atomic mass is 32.2. The number of piperidine rings is 1. The van der Waals surface area contributed by atoms with Crippen LogP contribution in [0.5, 0.6) is 5.75 Å². The fraction of sp³-hybridized carbons (Fsp3) is 0.333. The summed E-state index contributed by atoms with van der Waals surface area (Å²) in [5.41, 5.74) is -5.49. The summed E-state index contributed by atoms with van der Waals surface area (Å²) in [6.45, 7) is 0.410. The van der Waals surface area contributed by atoms with Gasteiger partial charge in [0.25, 0.3) is 15.7 Å². The second kappa shape index (κ2) is 9.38. The summed E-state index contributed by atoms with van der Waals surface area (Å²) < 4.78 is 80.3. The molecule has 1 heterocycles. The first kappa shape index (κ1) is 24.5. The Labute approximate surface area is 187 Å². The van der Waals surface area contributed by atoms with E-state index in [4.69, 9.17) is 4.74 Å². The van der Waals surface area contributed by atoms with Gasteiger partial charge in [-0.1, -0.05) is 0 Å². The van der Waals surface area contributed by atoms with Crippen molar-refractivity contribution in [3.63, 3.8) is 0 Å². The molecule has 0 saturated carbocycles. The van der Waals surface area contributed by atoms with Crippen LogP contribution in [0.2, 0.25) is 0 Å². The molecule has 1 saturated heterocycles. The number of anilines is 1. The fourth-order valence-electron chi connectivity index (χ4n) is 3.47. The lowest BCUT2D eigenvalue weighted by molar-refractivity contribution is -0.121. The molecule has 2 aromatic rings. The molecule has 3 rings (SSSR count). The summed E-state index contributed by atoms with van der Waals surface area (Å²) >= 11 is 0. The number of methoxy groups -OCH3 is 1. The number of rotatable bonds is 5. The molecule has 1 atom stereocenters. The molecule has 1 unspecified atom stereocenters. The van der Waals surface area contributed by atoms with Crippen LogP contribution in [-0.4, -0.2) is 50.8 Å². The highest BCUT2D eigenvalue weighted by Crippen LogP contribution is 2.35. The Hall–Kier alpha value is -3.15. The maximum atomic E-state index is 13.1. The number of nitrogens with one attached hydrogen (secondary N) is 1. The number of benzene rings is 2. The number of carbonyl (C=O) groups excluding carboxylic acids is 2. The summed E-state index contributed by atoms with van der Waals surface area (Å²) in [7, 11) is -4.41. The lowest BCUT2D eigenvalue weighted by Gasteiger charge is -2.32. The minimum Gasteiger partial charge on any atom is -0.495 e. The highest BCUT2D eigenvalue weighted by Gasteiger charge is 2.47. The highest BCUT2D eigenvalue weighted by molar-refractivity contribution is 7.92. The molecule has 178 valence electrons. The van der Waals surface area contributed by atoms with E-state index in [9.17, 15) is 35.6 Å². The standard InChI is InChI=1S/C21H20F4N2O5S/c1-32-18-9-8-16(33(30,31)21(23,24)25)11-17(18)26-19(28)14-3-2-10-27(12-14)20(29)13-4-6-15(22)7-5-13/h4-9,11,14H,2-3,10,12H2,1H3,(H,26,28). The Bertz CT molecular complexity index is 1150. The average molecular weight is 488 g/mol. The molecule has 0 radical (unpaired) electrons.